The fourth-order valence-corrected chi connectivity index (χ4v) is 4.27. The molecule has 30 heavy (non-hydrogen) atoms. The van der Waals surface area contributed by atoms with Crippen LogP contribution in [-0.2, 0) is 13.0 Å². The van der Waals surface area contributed by atoms with Crippen LogP contribution < -0.4 is 10.5 Å². The number of rotatable bonds is 7. The second kappa shape index (κ2) is 8.41. The van der Waals surface area contributed by atoms with Gasteiger partial charge >= 0.3 is 0 Å². The van der Waals surface area contributed by atoms with Crippen molar-refractivity contribution in [3.8, 4) is 5.75 Å². The van der Waals surface area contributed by atoms with E-state index >= 15 is 0 Å². The number of halogens is 1. The quantitative estimate of drug-likeness (QED) is 0.414. The molecule has 0 saturated carbocycles. The number of nitrogens with zero attached hydrogens (tertiary/aromatic N) is 1. The summed E-state index contributed by atoms with van der Waals surface area (Å²) >= 11 is 6.35. The van der Waals surface area contributed by atoms with Crippen molar-refractivity contribution >= 4 is 39.3 Å². The van der Waals surface area contributed by atoms with E-state index in [1.165, 1.54) is 5.56 Å². The number of hydrogen-bond donors (Lipinski definition) is 1. The highest BCUT2D eigenvalue weighted by Crippen LogP contribution is 2.34. The predicted molar refractivity (Wildman–Crippen MR) is 123 cm³/mol. The van der Waals surface area contributed by atoms with Crippen molar-refractivity contribution < 1.29 is 9.53 Å². The predicted octanol–water partition coefficient (Wildman–Crippen LogP) is 5.75. The fourth-order valence-electron chi connectivity index (χ4n) is 3.99. The number of aryl methyl sites for hydroxylation is 1. The third kappa shape index (κ3) is 3.63. The van der Waals surface area contributed by atoms with E-state index < -0.39 is 5.91 Å². The van der Waals surface area contributed by atoms with Gasteiger partial charge in [-0.15, -0.1) is 0 Å². The molecule has 0 aliphatic rings. The Morgan fingerprint density at radius 3 is 2.70 bits per heavy atom. The van der Waals surface area contributed by atoms with Crippen LogP contribution in [0.3, 0.4) is 0 Å². The van der Waals surface area contributed by atoms with Crippen LogP contribution in [0, 0.1) is 6.07 Å². The van der Waals surface area contributed by atoms with E-state index in [4.69, 9.17) is 22.1 Å². The molecule has 4 rings (SSSR count). The maximum Gasteiger partial charge on any atom is 0.249 e. The average Bonchev–Trinajstić information content (AvgIpc) is 3.05. The first-order chi connectivity index (χ1) is 14.5. The Kier molecular flexibility index (Phi) is 5.69. The highest BCUT2D eigenvalue weighted by Gasteiger charge is 2.17. The lowest BCUT2D eigenvalue weighted by Crippen LogP contribution is -2.11. The Morgan fingerprint density at radius 1 is 1.17 bits per heavy atom. The topological polar surface area (TPSA) is 57.2 Å². The molecule has 0 spiro atoms. The van der Waals surface area contributed by atoms with E-state index in [1.807, 2.05) is 36.4 Å². The number of primary amides is 1. The number of nitrogens with two attached hydrogens (primary N) is 1. The number of unbranched alkanes of at least 4 members (excludes halogenated alkanes) is 1. The largest absolute Gasteiger partial charge is 0.495 e. The maximum atomic E-state index is 12.1. The van der Waals surface area contributed by atoms with Crippen LogP contribution in [0.5, 0.6) is 5.75 Å². The maximum absolute atomic E-state index is 12.1. The summed E-state index contributed by atoms with van der Waals surface area (Å²) in [6.45, 7) is 2.79. The van der Waals surface area contributed by atoms with Gasteiger partial charge in [-0.25, -0.2) is 0 Å². The SMILES string of the molecule is CCCCc1c[c]c2c3c(C(N)=O)cccc3n(Cc3ccc(OC)c(Cl)c3)c2c1. The molecule has 1 radical (unpaired) electrons. The number of amides is 1. The minimum atomic E-state index is -0.435. The van der Waals surface area contributed by atoms with Crippen LogP contribution in [0.4, 0.5) is 0 Å². The number of aromatic nitrogens is 1. The molecule has 4 nitrogen and oxygen atoms in total. The van der Waals surface area contributed by atoms with Gasteiger partial charge in [0, 0.05) is 22.9 Å². The van der Waals surface area contributed by atoms with Gasteiger partial charge in [-0.1, -0.05) is 43.1 Å². The van der Waals surface area contributed by atoms with E-state index in [0.29, 0.717) is 22.9 Å². The van der Waals surface area contributed by atoms with Crippen molar-refractivity contribution in [1.29, 1.82) is 0 Å². The summed E-state index contributed by atoms with van der Waals surface area (Å²) < 4.78 is 7.49. The normalized spacial score (nSPS) is 11.3. The van der Waals surface area contributed by atoms with E-state index in [1.54, 1.807) is 13.2 Å². The third-order valence-corrected chi connectivity index (χ3v) is 5.79. The van der Waals surface area contributed by atoms with Crippen LogP contribution in [0.25, 0.3) is 21.8 Å². The summed E-state index contributed by atoms with van der Waals surface area (Å²) in [7, 11) is 1.60. The number of methoxy groups -OCH3 is 1. The summed E-state index contributed by atoms with van der Waals surface area (Å²) in [5.41, 5.74) is 10.5. The highest BCUT2D eigenvalue weighted by molar-refractivity contribution is 6.32. The number of hydrogen-bond acceptors (Lipinski definition) is 2. The number of carbonyl (C=O) groups is 1. The van der Waals surface area contributed by atoms with Crippen molar-refractivity contribution in [1.82, 2.24) is 4.57 Å². The average molecular weight is 420 g/mol. The number of ether oxygens (including phenoxy) is 1. The van der Waals surface area contributed by atoms with Crippen LogP contribution in [0.15, 0.2) is 48.5 Å². The van der Waals surface area contributed by atoms with Crippen LogP contribution >= 0.6 is 11.6 Å². The third-order valence-electron chi connectivity index (χ3n) is 5.50. The van der Waals surface area contributed by atoms with E-state index in [2.05, 4.69) is 23.6 Å². The van der Waals surface area contributed by atoms with Gasteiger partial charge in [0.2, 0.25) is 5.91 Å². The zero-order valence-corrected chi connectivity index (χ0v) is 17.9. The zero-order valence-electron chi connectivity index (χ0n) is 17.2. The minimum absolute atomic E-state index is 0.435. The second-order valence-corrected chi connectivity index (χ2v) is 7.90. The van der Waals surface area contributed by atoms with Crippen LogP contribution in [0.2, 0.25) is 5.02 Å². The molecule has 0 bridgehead atoms. The molecule has 5 heteroatoms. The van der Waals surface area contributed by atoms with Gasteiger partial charge in [-0.3, -0.25) is 4.79 Å². The summed E-state index contributed by atoms with van der Waals surface area (Å²) in [6.07, 6.45) is 3.26. The summed E-state index contributed by atoms with van der Waals surface area (Å²) in [5, 5.41) is 2.34. The Bertz CT molecular complexity index is 1240. The molecule has 0 aliphatic heterocycles. The molecule has 0 aliphatic carbocycles. The van der Waals surface area contributed by atoms with E-state index in [9.17, 15) is 4.79 Å². The Balaban J connectivity index is 1.93. The van der Waals surface area contributed by atoms with Crippen molar-refractivity contribution in [3.05, 3.63) is 76.3 Å². The molecule has 1 amide bonds. The zero-order chi connectivity index (χ0) is 21.3. The van der Waals surface area contributed by atoms with Gasteiger partial charge < -0.3 is 15.0 Å². The van der Waals surface area contributed by atoms with E-state index in [0.717, 1.165) is 46.6 Å². The van der Waals surface area contributed by atoms with Gasteiger partial charge in [0.1, 0.15) is 5.75 Å². The molecule has 4 aromatic rings. The standard InChI is InChI=1S/C25H24ClN2O2/c1-3-4-6-16-9-11-18-22(14-16)28(15-17-10-12-23(30-2)20(26)13-17)21-8-5-7-19(24(18)21)25(27)29/h5,7-10,12-14H,3-4,6,15H2,1-2H3,(H2,27,29). The Labute approximate surface area is 181 Å². The Morgan fingerprint density at radius 2 is 2.00 bits per heavy atom. The van der Waals surface area contributed by atoms with Gasteiger partial charge in [0.25, 0.3) is 0 Å². The minimum Gasteiger partial charge on any atom is -0.495 e. The lowest BCUT2D eigenvalue weighted by molar-refractivity contribution is 0.100. The monoisotopic (exact) mass is 419 g/mol. The first-order valence-corrected chi connectivity index (χ1v) is 10.5. The number of fused-ring (bicyclic) bond motifs is 3. The van der Waals surface area contributed by atoms with Crippen molar-refractivity contribution in [2.24, 2.45) is 5.73 Å². The smallest absolute Gasteiger partial charge is 0.249 e. The molecule has 153 valence electrons. The lowest BCUT2D eigenvalue weighted by atomic mass is 10.0. The molecular weight excluding hydrogens is 396 g/mol. The number of benzene rings is 3. The summed E-state index contributed by atoms with van der Waals surface area (Å²) in [4.78, 5) is 12.1. The first kappa shape index (κ1) is 20.3. The lowest BCUT2D eigenvalue weighted by Gasteiger charge is -2.11. The molecule has 0 unspecified atom stereocenters. The van der Waals surface area contributed by atoms with E-state index in [-0.39, 0.29) is 0 Å². The van der Waals surface area contributed by atoms with Crippen LogP contribution in [-0.4, -0.2) is 17.6 Å². The van der Waals surface area contributed by atoms with Crippen molar-refractivity contribution in [3.63, 3.8) is 0 Å². The highest BCUT2D eigenvalue weighted by atomic mass is 35.5. The first-order valence-electron chi connectivity index (χ1n) is 10.1. The summed E-state index contributed by atoms with van der Waals surface area (Å²) in [5.74, 6) is 0.212. The van der Waals surface area contributed by atoms with Crippen molar-refractivity contribution in [2.45, 2.75) is 32.7 Å². The molecule has 3 aromatic carbocycles. The fraction of sp³-hybridized carbons (Fsp3) is 0.240. The van der Waals surface area contributed by atoms with Gasteiger partial charge in [-0.05, 0) is 60.4 Å². The molecule has 2 N–H and O–H groups in total. The van der Waals surface area contributed by atoms with Gasteiger partial charge in [0.15, 0.2) is 0 Å². The molecular formula is C25H24ClN2O2. The second-order valence-electron chi connectivity index (χ2n) is 7.49. The molecule has 0 fully saturated rings. The Hall–Kier alpha value is -2.98. The number of carbonyl (C=O) groups excluding carboxylic acids is 1. The molecule has 1 heterocycles. The van der Waals surface area contributed by atoms with Gasteiger partial charge in [-0.2, -0.15) is 0 Å². The molecule has 1 aromatic heterocycles. The van der Waals surface area contributed by atoms with Crippen LogP contribution in [0.1, 0.15) is 41.3 Å². The van der Waals surface area contributed by atoms with Crippen molar-refractivity contribution in [2.75, 3.05) is 7.11 Å². The summed E-state index contributed by atoms with van der Waals surface area (Å²) in [6, 6.07) is 19.1. The molecule has 0 atom stereocenters. The van der Waals surface area contributed by atoms with Gasteiger partial charge in [0.05, 0.1) is 23.2 Å². The molecule has 0 saturated heterocycles.